The summed E-state index contributed by atoms with van der Waals surface area (Å²) in [5.41, 5.74) is 0.490. The van der Waals surface area contributed by atoms with Gasteiger partial charge in [-0.2, -0.15) is 0 Å². The largest absolute Gasteiger partial charge is 0.380 e. The van der Waals surface area contributed by atoms with Crippen molar-refractivity contribution in [2.24, 2.45) is 5.41 Å². The van der Waals surface area contributed by atoms with E-state index in [-0.39, 0.29) is 0 Å². The fourth-order valence-electron chi connectivity index (χ4n) is 1.77. The molecule has 0 bridgehead atoms. The molecule has 17 heavy (non-hydrogen) atoms. The number of hydrogen-bond acceptors (Lipinski definition) is 2. The maximum absolute atomic E-state index is 5.15. The molecular weight excluding hydrogens is 210 g/mol. The van der Waals surface area contributed by atoms with Crippen molar-refractivity contribution in [3.05, 3.63) is 0 Å². The normalized spacial score (nSPS) is 17.3. The molecule has 1 heterocycles. The molecule has 104 valence electrons. The van der Waals surface area contributed by atoms with Crippen molar-refractivity contribution >= 4 is 0 Å². The van der Waals surface area contributed by atoms with Crippen LogP contribution in [0.5, 0.6) is 0 Å². The lowest BCUT2D eigenvalue weighted by atomic mass is 9.85. The van der Waals surface area contributed by atoms with Gasteiger partial charge in [-0.05, 0) is 27.1 Å². The fourth-order valence-corrected chi connectivity index (χ4v) is 1.77. The van der Waals surface area contributed by atoms with Gasteiger partial charge in [0.15, 0.2) is 0 Å². The maximum Gasteiger partial charge on any atom is 0.0542 e. The molecule has 2 heteroatoms. The molecule has 1 fully saturated rings. The summed E-state index contributed by atoms with van der Waals surface area (Å²) in [6.07, 6.45) is 8.27. The molecule has 0 aliphatic carbocycles. The van der Waals surface area contributed by atoms with Gasteiger partial charge in [0.25, 0.3) is 0 Å². The minimum Gasteiger partial charge on any atom is -0.380 e. The maximum atomic E-state index is 5.15. The van der Waals surface area contributed by atoms with Crippen LogP contribution < -0.4 is 0 Å². The minimum atomic E-state index is 0.490. The third kappa shape index (κ3) is 9.61. The standard InChI is InChI=1S/C8H17NO.C7H16/c1-8(6-10-7-8)4-5-9(2)3;1-3-5-7-6-4-2/h4-7H2,1-3H3;3-7H2,1-2H3. The first kappa shape index (κ1) is 16.9. The average molecular weight is 243 g/mol. The van der Waals surface area contributed by atoms with E-state index >= 15 is 0 Å². The van der Waals surface area contributed by atoms with Gasteiger partial charge in [0.1, 0.15) is 0 Å². The quantitative estimate of drug-likeness (QED) is 0.628. The highest BCUT2D eigenvalue weighted by molar-refractivity contribution is 4.80. The zero-order chi connectivity index (χ0) is 13.1. The molecule has 1 rings (SSSR count). The summed E-state index contributed by atoms with van der Waals surface area (Å²) in [6, 6.07) is 0. The first-order valence-corrected chi connectivity index (χ1v) is 7.26. The second-order valence-corrected chi connectivity index (χ2v) is 5.92. The minimum absolute atomic E-state index is 0.490. The Bertz CT molecular complexity index is 160. The van der Waals surface area contributed by atoms with Crippen molar-refractivity contribution in [2.45, 2.75) is 59.3 Å². The summed E-state index contributed by atoms with van der Waals surface area (Å²) >= 11 is 0. The van der Waals surface area contributed by atoms with Gasteiger partial charge in [-0.15, -0.1) is 0 Å². The molecule has 0 N–H and O–H groups in total. The van der Waals surface area contributed by atoms with Crippen LogP contribution in [0.25, 0.3) is 0 Å². The topological polar surface area (TPSA) is 12.5 Å². The van der Waals surface area contributed by atoms with E-state index in [1.165, 1.54) is 45.1 Å². The monoisotopic (exact) mass is 243 g/mol. The summed E-state index contributed by atoms with van der Waals surface area (Å²) in [5.74, 6) is 0. The summed E-state index contributed by atoms with van der Waals surface area (Å²) in [4.78, 5) is 2.23. The number of nitrogens with zero attached hydrogens (tertiary/aromatic N) is 1. The predicted molar refractivity (Wildman–Crippen MR) is 76.5 cm³/mol. The van der Waals surface area contributed by atoms with Crippen molar-refractivity contribution in [2.75, 3.05) is 33.9 Å². The molecule has 0 spiro atoms. The highest BCUT2D eigenvalue weighted by Gasteiger charge is 2.32. The van der Waals surface area contributed by atoms with Crippen LogP contribution in [0.4, 0.5) is 0 Å². The Balaban J connectivity index is 0.000000325. The molecule has 1 aliphatic rings. The first-order valence-electron chi connectivity index (χ1n) is 7.26. The lowest BCUT2D eigenvalue weighted by Gasteiger charge is -2.38. The van der Waals surface area contributed by atoms with E-state index < -0.39 is 0 Å². The van der Waals surface area contributed by atoms with Crippen LogP contribution in [-0.2, 0) is 4.74 Å². The van der Waals surface area contributed by atoms with Gasteiger partial charge >= 0.3 is 0 Å². The summed E-state index contributed by atoms with van der Waals surface area (Å²) in [7, 11) is 4.23. The van der Waals surface area contributed by atoms with Crippen molar-refractivity contribution in [1.82, 2.24) is 4.90 Å². The smallest absolute Gasteiger partial charge is 0.0542 e. The van der Waals surface area contributed by atoms with Crippen LogP contribution in [0.1, 0.15) is 59.3 Å². The SMILES string of the molecule is CCCCCCC.CN(C)CCC1(C)COC1. The molecule has 1 aliphatic heterocycles. The van der Waals surface area contributed by atoms with E-state index in [0.717, 1.165) is 13.2 Å². The van der Waals surface area contributed by atoms with Crippen LogP contribution in [0.2, 0.25) is 0 Å². The Kier molecular flexibility index (Phi) is 9.85. The Morgan fingerprint density at radius 2 is 1.53 bits per heavy atom. The summed E-state index contributed by atoms with van der Waals surface area (Å²) in [5, 5.41) is 0. The summed E-state index contributed by atoms with van der Waals surface area (Å²) < 4.78 is 5.15. The van der Waals surface area contributed by atoms with E-state index in [0.29, 0.717) is 5.41 Å². The fraction of sp³-hybridized carbons (Fsp3) is 1.00. The van der Waals surface area contributed by atoms with E-state index in [4.69, 9.17) is 4.74 Å². The summed E-state index contributed by atoms with van der Waals surface area (Å²) in [6.45, 7) is 9.88. The zero-order valence-electron chi connectivity index (χ0n) is 12.7. The molecule has 0 aromatic heterocycles. The second-order valence-electron chi connectivity index (χ2n) is 5.92. The van der Waals surface area contributed by atoms with E-state index in [1.54, 1.807) is 0 Å². The van der Waals surface area contributed by atoms with E-state index in [2.05, 4.69) is 39.8 Å². The van der Waals surface area contributed by atoms with Gasteiger partial charge < -0.3 is 9.64 Å². The number of rotatable bonds is 7. The molecule has 0 radical (unpaired) electrons. The van der Waals surface area contributed by atoms with E-state index in [9.17, 15) is 0 Å². The third-order valence-corrected chi connectivity index (χ3v) is 3.27. The molecule has 0 aromatic rings. The average Bonchev–Trinajstić information content (AvgIpc) is 2.25. The predicted octanol–water partition coefficient (Wildman–Crippen LogP) is 3.95. The van der Waals surface area contributed by atoms with Crippen LogP contribution in [0.15, 0.2) is 0 Å². The molecular formula is C15H33NO. The molecule has 0 atom stereocenters. The van der Waals surface area contributed by atoms with Crippen molar-refractivity contribution < 1.29 is 4.74 Å². The van der Waals surface area contributed by atoms with Crippen LogP contribution in [0.3, 0.4) is 0 Å². The number of ether oxygens (including phenoxy) is 1. The highest BCUT2D eigenvalue weighted by atomic mass is 16.5. The number of hydrogen-bond donors (Lipinski definition) is 0. The Morgan fingerprint density at radius 3 is 1.82 bits per heavy atom. The lowest BCUT2D eigenvalue weighted by molar-refractivity contribution is -0.107. The third-order valence-electron chi connectivity index (χ3n) is 3.27. The second kappa shape index (κ2) is 9.90. The van der Waals surface area contributed by atoms with Crippen LogP contribution in [0, 0.1) is 5.41 Å². The molecule has 2 nitrogen and oxygen atoms in total. The van der Waals surface area contributed by atoms with Crippen molar-refractivity contribution in [3.8, 4) is 0 Å². The molecule has 0 unspecified atom stereocenters. The van der Waals surface area contributed by atoms with Crippen LogP contribution in [-0.4, -0.2) is 38.8 Å². The first-order chi connectivity index (χ1) is 8.04. The van der Waals surface area contributed by atoms with E-state index in [1.807, 2.05) is 0 Å². The van der Waals surface area contributed by atoms with Crippen molar-refractivity contribution in [1.29, 1.82) is 0 Å². The Labute approximate surface area is 109 Å². The van der Waals surface area contributed by atoms with Crippen LogP contribution >= 0.6 is 0 Å². The Hall–Kier alpha value is -0.0800. The van der Waals surface area contributed by atoms with Crippen molar-refractivity contribution in [3.63, 3.8) is 0 Å². The zero-order valence-corrected chi connectivity index (χ0v) is 12.7. The van der Waals surface area contributed by atoms with Gasteiger partial charge in [0.05, 0.1) is 13.2 Å². The molecule has 1 saturated heterocycles. The van der Waals surface area contributed by atoms with Gasteiger partial charge in [-0.1, -0.05) is 52.9 Å². The van der Waals surface area contributed by atoms with Gasteiger partial charge in [-0.25, -0.2) is 0 Å². The van der Waals surface area contributed by atoms with Gasteiger partial charge in [0.2, 0.25) is 0 Å². The number of unbranched alkanes of at least 4 members (excludes halogenated alkanes) is 4. The molecule has 0 amide bonds. The van der Waals surface area contributed by atoms with Gasteiger partial charge in [-0.3, -0.25) is 0 Å². The molecule has 0 saturated carbocycles. The van der Waals surface area contributed by atoms with Gasteiger partial charge in [0, 0.05) is 5.41 Å². The Morgan fingerprint density at radius 1 is 1.00 bits per heavy atom. The highest BCUT2D eigenvalue weighted by Crippen LogP contribution is 2.30. The lowest BCUT2D eigenvalue weighted by Crippen LogP contribution is -2.41. The molecule has 0 aromatic carbocycles.